The highest BCUT2D eigenvalue weighted by Gasteiger charge is 2.11. The fourth-order valence-electron chi connectivity index (χ4n) is 1.43. The fourth-order valence-corrected chi connectivity index (χ4v) is 2.09. The minimum absolute atomic E-state index is 0.213. The maximum atomic E-state index is 11.4. The maximum absolute atomic E-state index is 11.4. The summed E-state index contributed by atoms with van der Waals surface area (Å²) in [5, 5.41) is 9.49. The molecule has 0 heterocycles. The van der Waals surface area contributed by atoms with E-state index in [1.165, 1.54) is 0 Å². The molecule has 0 N–H and O–H groups in total. The lowest BCUT2D eigenvalue weighted by Crippen LogP contribution is -2.09. The zero-order valence-electron chi connectivity index (χ0n) is 9.00. The molecule has 0 spiro atoms. The molecule has 3 nitrogen and oxygen atoms in total. The van der Waals surface area contributed by atoms with Gasteiger partial charge in [-0.3, -0.25) is 4.79 Å². The average molecular weight is 282 g/mol. The van der Waals surface area contributed by atoms with Crippen molar-refractivity contribution in [1.29, 1.82) is 5.26 Å². The molecule has 0 fully saturated rings. The van der Waals surface area contributed by atoms with Crippen LogP contribution in [-0.4, -0.2) is 12.6 Å². The van der Waals surface area contributed by atoms with Crippen LogP contribution in [0.15, 0.2) is 18.2 Å². The fraction of sp³-hybridized carbons (Fsp3) is 0.333. The van der Waals surface area contributed by atoms with Gasteiger partial charge >= 0.3 is 5.97 Å². The van der Waals surface area contributed by atoms with E-state index in [2.05, 4.69) is 22.0 Å². The van der Waals surface area contributed by atoms with Gasteiger partial charge in [-0.1, -0.05) is 28.1 Å². The summed E-state index contributed by atoms with van der Waals surface area (Å²) in [6.45, 7) is 2.15. The van der Waals surface area contributed by atoms with Gasteiger partial charge in [0.15, 0.2) is 0 Å². The number of carbonyl (C=O) groups excluding carboxylic acids is 1. The van der Waals surface area contributed by atoms with Crippen LogP contribution in [0.4, 0.5) is 0 Å². The Morgan fingerprint density at radius 1 is 1.56 bits per heavy atom. The lowest BCUT2D eigenvalue weighted by Gasteiger charge is -2.08. The monoisotopic (exact) mass is 281 g/mol. The first-order valence-corrected chi connectivity index (χ1v) is 6.07. The first-order valence-electron chi connectivity index (χ1n) is 4.95. The van der Waals surface area contributed by atoms with Gasteiger partial charge in [-0.05, 0) is 24.1 Å². The molecule has 0 aromatic heterocycles. The number of hydrogen-bond acceptors (Lipinski definition) is 3. The summed E-state index contributed by atoms with van der Waals surface area (Å²) < 4.78 is 4.88. The standard InChI is InChI=1S/C12H12BrNO2/c1-2-16-12(15)6-9-4-3-5-10(8-14)11(9)7-13/h3-5H,2,6-7H2,1H3. The Balaban J connectivity index is 2.96. The highest BCUT2D eigenvalue weighted by molar-refractivity contribution is 9.08. The molecule has 0 aliphatic heterocycles. The number of ether oxygens (including phenoxy) is 1. The number of alkyl halides is 1. The predicted molar refractivity (Wildman–Crippen MR) is 64.1 cm³/mol. The van der Waals surface area contributed by atoms with Gasteiger partial charge in [0, 0.05) is 5.33 Å². The third-order valence-electron chi connectivity index (χ3n) is 2.17. The zero-order valence-corrected chi connectivity index (χ0v) is 10.6. The number of esters is 1. The highest BCUT2D eigenvalue weighted by Crippen LogP contribution is 2.18. The highest BCUT2D eigenvalue weighted by atomic mass is 79.9. The van der Waals surface area contributed by atoms with E-state index in [0.717, 1.165) is 11.1 Å². The summed E-state index contributed by atoms with van der Waals surface area (Å²) in [4.78, 5) is 11.4. The van der Waals surface area contributed by atoms with E-state index in [1.54, 1.807) is 19.1 Å². The van der Waals surface area contributed by atoms with Crippen LogP contribution in [0, 0.1) is 11.3 Å². The molecule has 1 rings (SSSR count). The van der Waals surface area contributed by atoms with Crippen molar-refractivity contribution in [2.75, 3.05) is 6.61 Å². The van der Waals surface area contributed by atoms with E-state index in [-0.39, 0.29) is 12.4 Å². The molecule has 0 atom stereocenters. The third-order valence-corrected chi connectivity index (χ3v) is 2.73. The second-order valence-corrected chi connectivity index (χ2v) is 3.73. The lowest BCUT2D eigenvalue weighted by atomic mass is 10.0. The second-order valence-electron chi connectivity index (χ2n) is 3.17. The largest absolute Gasteiger partial charge is 0.466 e. The molecule has 0 aliphatic carbocycles. The van der Waals surface area contributed by atoms with Crippen molar-refractivity contribution >= 4 is 21.9 Å². The molecule has 0 bridgehead atoms. The van der Waals surface area contributed by atoms with E-state index in [1.807, 2.05) is 6.07 Å². The van der Waals surface area contributed by atoms with Crippen molar-refractivity contribution < 1.29 is 9.53 Å². The Hall–Kier alpha value is -1.34. The average Bonchev–Trinajstić information content (AvgIpc) is 2.29. The van der Waals surface area contributed by atoms with Gasteiger partial charge in [0.25, 0.3) is 0 Å². The lowest BCUT2D eigenvalue weighted by molar-refractivity contribution is -0.142. The summed E-state index contributed by atoms with van der Waals surface area (Å²) in [7, 11) is 0. The smallest absolute Gasteiger partial charge is 0.310 e. The quantitative estimate of drug-likeness (QED) is 0.630. The van der Waals surface area contributed by atoms with Gasteiger partial charge in [0.1, 0.15) is 0 Å². The van der Waals surface area contributed by atoms with Crippen molar-refractivity contribution in [2.45, 2.75) is 18.7 Å². The molecule has 0 unspecified atom stereocenters. The molecule has 84 valence electrons. The SMILES string of the molecule is CCOC(=O)Cc1cccc(C#N)c1CBr. The Bertz CT molecular complexity index is 424. The third kappa shape index (κ3) is 3.07. The minimum Gasteiger partial charge on any atom is -0.466 e. The van der Waals surface area contributed by atoms with E-state index >= 15 is 0 Å². The first-order chi connectivity index (χ1) is 7.72. The summed E-state index contributed by atoms with van der Waals surface area (Å²) >= 11 is 3.33. The second kappa shape index (κ2) is 6.29. The normalized spacial score (nSPS) is 9.56. The molecular formula is C12H12BrNO2. The molecule has 0 saturated carbocycles. The maximum Gasteiger partial charge on any atom is 0.310 e. The minimum atomic E-state index is -0.264. The Labute approximate surface area is 103 Å². The predicted octanol–water partition coefficient (Wildman–Crippen LogP) is 2.56. The summed E-state index contributed by atoms with van der Waals surface area (Å²) in [5.41, 5.74) is 2.30. The molecule has 4 heteroatoms. The first kappa shape index (κ1) is 12.7. The number of benzene rings is 1. The molecule has 1 aromatic carbocycles. The van der Waals surface area contributed by atoms with Crippen molar-refractivity contribution in [2.24, 2.45) is 0 Å². The van der Waals surface area contributed by atoms with Crippen LogP contribution < -0.4 is 0 Å². The number of nitrogens with zero attached hydrogens (tertiary/aromatic N) is 1. The molecule has 0 amide bonds. The Morgan fingerprint density at radius 3 is 2.88 bits per heavy atom. The molecule has 0 saturated heterocycles. The number of nitriles is 1. The molecule has 1 aromatic rings. The molecular weight excluding hydrogens is 270 g/mol. The number of rotatable bonds is 4. The van der Waals surface area contributed by atoms with Crippen molar-refractivity contribution in [1.82, 2.24) is 0 Å². The van der Waals surface area contributed by atoms with E-state index in [0.29, 0.717) is 17.5 Å². The van der Waals surface area contributed by atoms with E-state index < -0.39 is 0 Å². The van der Waals surface area contributed by atoms with E-state index in [4.69, 9.17) is 10.00 Å². The number of halogens is 1. The van der Waals surface area contributed by atoms with Crippen molar-refractivity contribution in [3.63, 3.8) is 0 Å². The molecule has 0 radical (unpaired) electrons. The molecule has 16 heavy (non-hydrogen) atoms. The topological polar surface area (TPSA) is 50.1 Å². The number of hydrogen-bond donors (Lipinski definition) is 0. The van der Waals surface area contributed by atoms with Crippen LogP contribution in [-0.2, 0) is 21.3 Å². The summed E-state index contributed by atoms with van der Waals surface area (Å²) in [6.07, 6.45) is 0.213. The molecule has 0 aliphatic rings. The summed E-state index contributed by atoms with van der Waals surface area (Å²) in [5.74, 6) is -0.264. The summed E-state index contributed by atoms with van der Waals surface area (Å²) in [6, 6.07) is 7.47. The van der Waals surface area contributed by atoms with Gasteiger partial charge in [0.05, 0.1) is 24.7 Å². The van der Waals surface area contributed by atoms with Gasteiger partial charge in [-0.2, -0.15) is 5.26 Å². The van der Waals surface area contributed by atoms with Crippen molar-refractivity contribution in [3.05, 3.63) is 34.9 Å². The van der Waals surface area contributed by atoms with Crippen LogP contribution in [0.5, 0.6) is 0 Å². The van der Waals surface area contributed by atoms with Gasteiger partial charge in [0.2, 0.25) is 0 Å². The Kier molecular flexibility index (Phi) is 5.00. The van der Waals surface area contributed by atoms with Crippen LogP contribution in [0.25, 0.3) is 0 Å². The van der Waals surface area contributed by atoms with E-state index in [9.17, 15) is 4.79 Å². The van der Waals surface area contributed by atoms with Crippen LogP contribution in [0.2, 0.25) is 0 Å². The number of carbonyl (C=O) groups is 1. The van der Waals surface area contributed by atoms with Crippen LogP contribution >= 0.6 is 15.9 Å². The Morgan fingerprint density at radius 2 is 2.31 bits per heavy atom. The van der Waals surface area contributed by atoms with Gasteiger partial charge in [-0.15, -0.1) is 0 Å². The van der Waals surface area contributed by atoms with Gasteiger partial charge < -0.3 is 4.74 Å². The van der Waals surface area contributed by atoms with Gasteiger partial charge in [-0.25, -0.2) is 0 Å². The zero-order chi connectivity index (χ0) is 12.0. The van der Waals surface area contributed by atoms with Crippen molar-refractivity contribution in [3.8, 4) is 6.07 Å². The van der Waals surface area contributed by atoms with Crippen LogP contribution in [0.1, 0.15) is 23.6 Å². The van der Waals surface area contributed by atoms with Crippen LogP contribution in [0.3, 0.4) is 0 Å².